The molecule has 5 nitrogen and oxygen atoms in total. The van der Waals surface area contributed by atoms with Gasteiger partial charge in [0.15, 0.2) is 9.84 Å². The molecule has 1 atom stereocenters. The van der Waals surface area contributed by atoms with Crippen LogP contribution in [-0.4, -0.2) is 32.0 Å². The molecule has 2 rings (SSSR count). The van der Waals surface area contributed by atoms with Gasteiger partial charge in [0.25, 0.3) is 0 Å². The predicted octanol–water partition coefficient (Wildman–Crippen LogP) is 1.45. The second-order valence-corrected chi connectivity index (χ2v) is 7.19. The van der Waals surface area contributed by atoms with Gasteiger partial charge in [0.05, 0.1) is 11.5 Å². The summed E-state index contributed by atoms with van der Waals surface area (Å²) < 4.78 is 22.5. The molecule has 0 radical (unpaired) electrons. The summed E-state index contributed by atoms with van der Waals surface area (Å²) in [7, 11) is -2.97. The molecule has 6 heteroatoms. The molecule has 0 bridgehead atoms. The monoisotopic (exact) mass is 294 g/mol. The highest BCUT2D eigenvalue weighted by molar-refractivity contribution is 7.91. The lowest BCUT2D eigenvalue weighted by Gasteiger charge is -2.09. The van der Waals surface area contributed by atoms with Gasteiger partial charge in [-0.25, -0.2) is 13.2 Å². The summed E-state index contributed by atoms with van der Waals surface area (Å²) in [6.07, 6.45) is 3.81. The zero-order chi connectivity index (χ0) is 14.6. The third-order valence-corrected chi connectivity index (χ3v) is 4.90. The van der Waals surface area contributed by atoms with Gasteiger partial charge in [-0.3, -0.25) is 0 Å². The first-order chi connectivity index (χ1) is 9.44. The Balaban J connectivity index is 1.79. The highest BCUT2D eigenvalue weighted by Crippen LogP contribution is 2.10. The summed E-state index contributed by atoms with van der Waals surface area (Å²) in [5.41, 5.74) is 2.16. The second-order valence-electron chi connectivity index (χ2n) is 4.96. The summed E-state index contributed by atoms with van der Waals surface area (Å²) in [4.78, 5) is 11.6. The molecule has 108 valence electrons. The molecule has 2 N–H and O–H groups in total. The van der Waals surface area contributed by atoms with E-state index >= 15 is 0 Å². The Morgan fingerprint density at radius 3 is 2.60 bits per heavy atom. The Morgan fingerprint density at radius 1 is 1.30 bits per heavy atom. The van der Waals surface area contributed by atoms with E-state index in [1.165, 1.54) is 5.56 Å². The minimum Gasteiger partial charge on any atom is -0.334 e. The first-order valence-corrected chi connectivity index (χ1v) is 8.27. The topological polar surface area (TPSA) is 75.3 Å². The van der Waals surface area contributed by atoms with Crippen LogP contribution in [0.4, 0.5) is 4.79 Å². The molecule has 1 unspecified atom stereocenters. The highest BCUT2D eigenvalue weighted by Gasteiger charge is 2.28. The van der Waals surface area contributed by atoms with Crippen LogP contribution in [-0.2, 0) is 9.84 Å². The second kappa shape index (κ2) is 6.09. The number of carbonyl (C=O) groups excluding carboxylic acids is 1. The molecule has 1 saturated heterocycles. The predicted molar refractivity (Wildman–Crippen MR) is 78.9 cm³/mol. The lowest BCUT2D eigenvalue weighted by atomic mass is 10.1. The minimum atomic E-state index is -2.97. The van der Waals surface area contributed by atoms with Crippen LogP contribution < -0.4 is 10.6 Å². The number of sulfone groups is 1. The zero-order valence-electron chi connectivity index (χ0n) is 11.3. The van der Waals surface area contributed by atoms with Crippen LogP contribution in [0.2, 0.25) is 0 Å². The van der Waals surface area contributed by atoms with E-state index in [-0.39, 0.29) is 23.6 Å². The number of hydrogen-bond donors (Lipinski definition) is 2. The van der Waals surface area contributed by atoms with Crippen LogP contribution in [0.25, 0.3) is 6.08 Å². The maximum atomic E-state index is 11.6. The van der Waals surface area contributed by atoms with E-state index in [0.29, 0.717) is 6.42 Å². The van der Waals surface area contributed by atoms with Crippen molar-refractivity contribution in [3.05, 3.63) is 41.6 Å². The number of carbonyl (C=O) groups is 1. The third kappa shape index (κ3) is 4.38. The molecule has 1 aliphatic rings. The van der Waals surface area contributed by atoms with Gasteiger partial charge >= 0.3 is 6.03 Å². The van der Waals surface area contributed by atoms with E-state index < -0.39 is 9.84 Å². The number of urea groups is 1. The van der Waals surface area contributed by atoms with Gasteiger partial charge in [-0.05, 0) is 25.0 Å². The Kier molecular flexibility index (Phi) is 4.44. The Morgan fingerprint density at radius 2 is 2.00 bits per heavy atom. The number of rotatable bonds is 3. The van der Waals surface area contributed by atoms with Crippen molar-refractivity contribution in [3.8, 4) is 0 Å². The summed E-state index contributed by atoms with van der Waals surface area (Å²) in [6, 6.07) is 7.22. The van der Waals surface area contributed by atoms with E-state index in [1.807, 2.05) is 31.2 Å². The lowest BCUT2D eigenvalue weighted by Crippen LogP contribution is -2.40. The number of benzene rings is 1. The fraction of sp³-hybridized carbons (Fsp3) is 0.357. The summed E-state index contributed by atoms with van der Waals surface area (Å²) in [5.74, 6) is 0.180. The first-order valence-electron chi connectivity index (χ1n) is 6.45. The molecule has 0 aliphatic carbocycles. The Bertz CT molecular complexity index is 606. The number of hydrogen-bond acceptors (Lipinski definition) is 3. The van der Waals surface area contributed by atoms with Gasteiger partial charge in [-0.1, -0.05) is 29.8 Å². The minimum absolute atomic E-state index is 0.0299. The van der Waals surface area contributed by atoms with Crippen molar-refractivity contribution < 1.29 is 13.2 Å². The lowest BCUT2D eigenvalue weighted by molar-refractivity contribution is 0.241. The summed E-state index contributed by atoms with van der Waals surface area (Å²) in [5, 5.41) is 5.22. The van der Waals surface area contributed by atoms with E-state index in [0.717, 1.165) is 5.56 Å². The molecular formula is C14H18N2O3S. The fourth-order valence-corrected chi connectivity index (χ4v) is 3.70. The van der Waals surface area contributed by atoms with Gasteiger partial charge in [-0.2, -0.15) is 0 Å². The largest absolute Gasteiger partial charge is 0.334 e. The zero-order valence-corrected chi connectivity index (χ0v) is 12.1. The average molecular weight is 294 g/mol. The Labute approximate surface area is 119 Å². The molecule has 1 fully saturated rings. The van der Waals surface area contributed by atoms with Crippen molar-refractivity contribution in [1.29, 1.82) is 0 Å². The van der Waals surface area contributed by atoms with Crippen LogP contribution in [0.15, 0.2) is 30.5 Å². The van der Waals surface area contributed by atoms with Crippen LogP contribution in [0.5, 0.6) is 0 Å². The molecule has 2 amide bonds. The van der Waals surface area contributed by atoms with Crippen molar-refractivity contribution in [2.24, 2.45) is 0 Å². The van der Waals surface area contributed by atoms with E-state index in [4.69, 9.17) is 0 Å². The summed E-state index contributed by atoms with van der Waals surface area (Å²) >= 11 is 0. The first kappa shape index (κ1) is 14.6. The highest BCUT2D eigenvalue weighted by atomic mass is 32.2. The molecule has 0 aromatic heterocycles. The number of aryl methyl sites for hydroxylation is 1. The molecule has 20 heavy (non-hydrogen) atoms. The standard InChI is InChI=1S/C14H18N2O3S/c1-11-2-4-12(5-3-11)6-8-15-14(17)16-13-7-9-20(18,19)10-13/h2-6,8,13H,7,9-10H2,1H3,(H2,15,16,17)/b8-6+. The van der Waals surface area contributed by atoms with E-state index in [1.54, 1.807) is 12.3 Å². The van der Waals surface area contributed by atoms with Crippen molar-refractivity contribution in [2.45, 2.75) is 19.4 Å². The molecule has 1 aromatic rings. The molecule has 0 saturated carbocycles. The SMILES string of the molecule is Cc1ccc(/C=C/NC(=O)NC2CCS(=O)(=O)C2)cc1. The smallest absolute Gasteiger partial charge is 0.319 e. The maximum Gasteiger partial charge on any atom is 0.319 e. The van der Waals surface area contributed by atoms with Crippen LogP contribution >= 0.6 is 0 Å². The van der Waals surface area contributed by atoms with Crippen molar-refractivity contribution in [2.75, 3.05) is 11.5 Å². The molecule has 1 aliphatic heterocycles. The quantitative estimate of drug-likeness (QED) is 0.886. The maximum absolute atomic E-state index is 11.6. The fourth-order valence-electron chi connectivity index (χ4n) is 2.03. The molecular weight excluding hydrogens is 276 g/mol. The molecule has 0 spiro atoms. The van der Waals surface area contributed by atoms with E-state index in [9.17, 15) is 13.2 Å². The number of amides is 2. The van der Waals surface area contributed by atoms with Crippen molar-refractivity contribution >= 4 is 21.9 Å². The van der Waals surface area contributed by atoms with Crippen LogP contribution in [0.3, 0.4) is 0 Å². The Hall–Kier alpha value is -1.82. The average Bonchev–Trinajstić information content (AvgIpc) is 2.71. The van der Waals surface area contributed by atoms with Gasteiger partial charge in [0.1, 0.15) is 0 Å². The van der Waals surface area contributed by atoms with Gasteiger partial charge in [0, 0.05) is 12.2 Å². The molecule has 1 aromatic carbocycles. The van der Waals surface area contributed by atoms with Crippen molar-refractivity contribution in [1.82, 2.24) is 10.6 Å². The van der Waals surface area contributed by atoms with Gasteiger partial charge in [-0.15, -0.1) is 0 Å². The van der Waals surface area contributed by atoms with Gasteiger partial charge < -0.3 is 10.6 Å². The number of nitrogens with one attached hydrogen (secondary N) is 2. The van der Waals surface area contributed by atoms with E-state index in [2.05, 4.69) is 10.6 Å². The normalized spacial score (nSPS) is 20.9. The summed E-state index contributed by atoms with van der Waals surface area (Å²) in [6.45, 7) is 2.01. The van der Waals surface area contributed by atoms with Crippen LogP contribution in [0.1, 0.15) is 17.5 Å². The van der Waals surface area contributed by atoms with Gasteiger partial charge in [0.2, 0.25) is 0 Å². The molecule has 1 heterocycles. The van der Waals surface area contributed by atoms with Crippen LogP contribution in [0, 0.1) is 6.92 Å². The third-order valence-electron chi connectivity index (χ3n) is 3.14. The van der Waals surface area contributed by atoms with Crippen molar-refractivity contribution in [3.63, 3.8) is 0 Å².